The third kappa shape index (κ3) is 7.89. The number of amides is 1. The molecule has 0 bridgehead atoms. The number of carbonyl (C=O) groups is 1. The lowest BCUT2D eigenvalue weighted by atomic mass is 10.1. The molecule has 0 atom stereocenters. The Morgan fingerprint density at radius 2 is 1.84 bits per heavy atom. The molecule has 1 amide bonds. The molecule has 4 aromatic rings. The first-order valence-electron chi connectivity index (χ1n) is 12.9. The van der Waals surface area contributed by atoms with Crippen molar-refractivity contribution in [1.82, 2.24) is 19.7 Å². The van der Waals surface area contributed by atoms with Gasteiger partial charge in [0.2, 0.25) is 11.2 Å². The monoisotopic (exact) mass is 628 g/mol. The number of pyridine rings is 1. The van der Waals surface area contributed by atoms with Crippen LogP contribution in [-0.4, -0.2) is 45.0 Å². The van der Waals surface area contributed by atoms with Crippen molar-refractivity contribution in [2.75, 3.05) is 19.4 Å². The van der Waals surface area contributed by atoms with Gasteiger partial charge in [-0.1, -0.05) is 6.07 Å². The van der Waals surface area contributed by atoms with Crippen LogP contribution in [0.4, 0.5) is 26.3 Å². The van der Waals surface area contributed by atoms with Gasteiger partial charge in [0.25, 0.3) is 5.91 Å². The van der Waals surface area contributed by atoms with Crippen LogP contribution in [0, 0.1) is 0 Å². The normalized spacial score (nSPS) is 12.1. The SMILES string of the molecule is CN(Cc1cc(=O)c(OCCCCCSc2ccnc3cc(C(F)(F)F)ccc23)co1)C(=O)c1cnn(C)c1C(F)(F)F. The van der Waals surface area contributed by atoms with Gasteiger partial charge in [-0.05, 0) is 43.2 Å². The first kappa shape index (κ1) is 31.9. The summed E-state index contributed by atoms with van der Waals surface area (Å²) in [5, 5.41) is 4.18. The lowest BCUT2D eigenvalue weighted by Crippen LogP contribution is -2.29. The van der Waals surface area contributed by atoms with Gasteiger partial charge in [-0.15, -0.1) is 11.8 Å². The maximum atomic E-state index is 13.3. The number of aromatic nitrogens is 3. The molecule has 4 rings (SSSR count). The zero-order chi connectivity index (χ0) is 31.4. The fraction of sp³-hybridized carbons (Fsp3) is 0.357. The van der Waals surface area contributed by atoms with Gasteiger partial charge in [0.1, 0.15) is 12.0 Å². The number of unbranched alkanes of at least 4 members (excludes halogenated alkanes) is 2. The van der Waals surface area contributed by atoms with E-state index in [-0.39, 0.29) is 30.2 Å². The fourth-order valence-corrected chi connectivity index (χ4v) is 5.29. The van der Waals surface area contributed by atoms with E-state index >= 15 is 0 Å². The second-order valence-corrected chi connectivity index (χ2v) is 10.7. The summed E-state index contributed by atoms with van der Waals surface area (Å²) in [6.45, 7) is -0.0265. The zero-order valence-electron chi connectivity index (χ0n) is 23.0. The molecule has 0 saturated heterocycles. The Morgan fingerprint density at radius 3 is 2.53 bits per heavy atom. The number of aryl methyl sites for hydroxylation is 1. The molecule has 0 aliphatic carbocycles. The average Bonchev–Trinajstić information content (AvgIpc) is 3.34. The Labute approximate surface area is 245 Å². The zero-order valence-corrected chi connectivity index (χ0v) is 23.8. The number of ether oxygens (including phenoxy) is 1. The van der Waals surface area contributed by atoms with Crippen molar-refractivity contribution in [3.8, 4) is 5.75 Å². The van der Waals surface area contributed by atoms with Gasteiger partial charge < -0.3 is 14.1 Å². The van der Waals surface area contributed by atoms with Crippen LogP contribution >= 0.6 is 11.8 Å². The Hall–Kier alpha value is -4.01. The summed E-state index contributed by atoms with van der Waals surface area (Å²) in [7, 11) is 2.36. The first-order valence-corrected chi connectivity index (χ1v) is 13.9. The van der Waals surface area contributed by atoms with Gasteiger partial charge in [0.15, 0.2) is 5.69 Å². The van der Waals surface area contributed by atoms with Crippen molar-refractivity contribution in [2.45, 2.75) is 43.1 Å². The molecule has 0 fully saturated rings. The molecule has 8 nitrogen and oxygen atoms in total. The number of carbonyl (C=O) groups excluding carboxylic acids is 1. The minimum atomic E-state index is -4.77. The molecule has 0 aliphatic rings. The van der Waals surface area contributed by atoms with Crippen molar-refractivity contribution in [3.05, 3.63) is 81.8 Å². The third-order valence-electron chi connectivity index (χ3n) is 6.36. The molecule has 15 heteroatoms. The number of nitrogens with zero attached hydrogens (tertiary/aromatic N) is 4. The second kappa shape index (κ2) is 13.1. The van der Waals surface area contributed by atoms with E-state index < -0.39 is 40.5 Å². The Bertz CT molecular complexity index is 1650. The molecule has 1 aromatic carbocycles. The molecule has 0 spiro atoms. The van der Waals surface area contributed by atoms with Crippen molar-refractivity contribution >= 4 is 28.6 Å². The maximum Gasteiger partial charge on any atom is 0.433 e. The minimum absolute atomic E-state index is 0.0415. The molecule has 230 valence electrons. The van der Waals surface area contributed by atoms with E-state index in [2.05, 4.69) is 10.1 Å². The number of hydrogen-bond donors (Lipinski definition) is 0. The van der Waals surface area contributed by atoms with E-state index in [9.17, 15) is 35.9 Å². The molecule has 0 unspecified atom stereocenters. The molecule has 0 radical (unpaired) electrons. The van der Waals surface area contributed by atoms with Gasteiger partial charge in [-0.3, -0.25) is 19.3 Å². The smallest absolute Gasteiger partial charge is 0.433 e. The first-order chi connectivity index (χ1) is 20.3. The highest BCUT2D eigenvalue weighted by Gasteiger charge is 2.40. The summed E-state index contributed by atoms with van der Waals surface area (Å²) in [6.07, 6.45) is -3.62. The quantitative estimate of drug-likeness (QED) is 0.105. The Morgan fingerprint density at radius 1 is 1.07 bits per heavy atom. The predicted octanol–water partition coefficient (Wildman–Crippen LogP) is 6.57. The van der Waals surface area contributed by atoms with Crippen LogP contribution in [-0.2, 0) is 25.9 Å². The summed E-state index contributed by atoms with van der Waals surface area (Å²) < 4.78 is 90.3. The van der Waals surface area contributed by atoms with Gasteiger partial charge in [0.05, 0.1) is 36.0 Å². The van der Waals surface area contributed by atoms with E-state index in [1.54, 1.807) is 6.07 Å². The van der Waals surface area contributed by atoms with Crippen LogP contribution in [0.3, 0.4) is 0 Å². The number of benzene rings is 1. The highest BCUT2D eigenvalue weighted by atomic mass is 32.2. The summed E-state index contributed by atoms with van der Waals surface area (Å²) in [5.41, 5.74) is -2.77. The Balaban J connectivity index is 1.22. The largest absolute Gasteiger partial charge is 0.487 e. The van der Waals surface area contributed by atoms with E-state index in [0.29, 0.717) is 22.2 Å². The van der Waals surface area contributed by atoms with Crippen molar-refractivity contribution in [3.63, 3.8) is 0 Å². The number of alkyl halides is 6. The fourth-order valence-electron chi connectivity index (χ4n) is 4.24. The lowest BCUT2D eigenvalue weighted by molar-refractivity contribution is -0.144. The number of hydrogen-bond acceptors (Lipinski definition) is 7. The average molecular weight is 629 g/mol. The van der Waals surface area contributed by atoms with Crippen molar-refractivity contribution < 1.29 is 40.3 Å². The van der Waals surface area contributed by atoms with Crippen molar-refractivity contribution in [2.24, 2.45) is 7.05 Å². The van der Waals surface area contributed by atoms with Gasteiger partial charge in [-0.2, -0.15) is 31.4 Å². The number of fused-ring (bicyclic) bond motifs is 1. The van der Waals surface area contributed by atoms with Crippen LogP contribution < -0.4 is 10.2 Å². The topological polar surface area (TPSA) is 90.5 Å². The standard InChI is InChI=1S/C28H26F6N4O4S/c1-37(26(40)20-14-36-38(2)25(20)28(32,33)34)15-18-13-22(39)23(16-42-18)41-10-4-3-5-11-43-24-8-9-35-21-12-17(27(29,30)31)6-7-19(21)24/h6-9,12-14,16H,3-5,10-11,15H2,1-2H3. The van der Waals surface area contributed by atoms with E-state index in [4.69, 9.17) is 9.15 Å². The molecule has 3 heterocycles. The van der Waals surface area contributed by atoms with Gasteiger partial charge >= 0.3 is 12.4 Å². The van der Waals surface area contributed by atoms with E-state index in [1.165, 1.54) is 31.1 Å². The summed E-state index contributed by atoms with van der Waals surface area (Å²) in [4.78, 5) is 30.9. The van der Waals surface area contributed by atoms with Gasteiger partial charge in [-0.25, -0.2) is 0 Å². The molecule has 0 saturated carbocycles. The molecule has 0 aliphatic heterocycles. The number of rotatable bonds is 11. The number of thioether (sulfide) groups is 1. The highest BCUT2D eigenvalue weighted by molar-refractivity contribution is 7.99. The molecule has 0 N–H and O–H groups in total. The van der Waals surface area contributed by atoms with Crippen LogP contribution in [0.5, 0.6) is 5.75 Å². The van der Waals surface area contributed by atoms with Crippen molar-refractivity contribution in [1.29, 1.82) is 0 Å². The highest BCUT2D eigenvalue weighted by Crippen LogP contribution is 2.34. The molecular formula is C28H26F6N4O4S. The van der Waals surface area contributed by atoms with Gasteiger partial charge in [0, 0.05) is 36.6 Å². The molecular weight excluding hydrogens is 602 g/mol. The third-order valence-corrected chi connectivity index (χ3v) is 7.52. The van der Waals surface area contributed by atoms with Crippen LogP contribution in [0.15, 0.2) is 63.1 Å². The Kier molecular flexibility index (Phi) is 9.72. The molecule has 43 heavy (non-hydrogen) atoms. The minimum Gasteiger partial charge on any atom is -0.487 e. The number of halogens is 6. The van der Waals surface area contributed by atoms with E-state index in [0.717, 1.165) is 60.3 Å². The summed E-state index contributed by atoms with van der Waals surface area (Å²) >= 11 is 1.51. The second-order valence-electron chi connectivity index (χ2n) is 9.56. The van der Waals surface area contributed by atoms with Crippen LogP contribution in [0.1, 0.15) is 46.6 Å². The molecule has 3 aromatic heterocycles. The lowest BCUT2D eigenvalue weighted by Gasteiger charge is -2.17. The predicted molar refractivity (Wildman–Crippen MR) is 146 cm³/mol. The van der Waals surface area contributed by atoms with E-state index in [1.807, 2.05) is 0 Å². The van der Waals surface area contributed by atoms with Crippen LogP contribution in [0.25, 0.3) is 10.9 Å². The van der Waals surface area contributed by atoms with Crippen LogP contribution in [0.2, 0.25) is 0 Å². The summed E-state index contributed by atoms with van der Waals surface area (Å²) in [6, 6.07) is 6.38. The maximum absolute atomic E-state index is 13.3. The summed E-state index contributed by atoms with van der Waals surface area (Å²) in [5.74, 6) is -0.206.